The summed E-state index contributed by atoms with van der Waals surface area (Å²) in [5.41, 5.74) is 3.96. The first-order valence-electron chi connectivity index (χ1n) is 11.9. The van der Waals surface area contributed by atoms with Crippen LogP contribution >= 0.6 is 0 Å². The van der Waals surface area contributed by atoms with Gasteiger partial charge in [0.25, 0.3) is 0 Å². The number of aliphatic carboxylic acids is 1. The highest BCUT2D eigenvalue weighted by atomic mass is 16.5. The Labute approximate surface area is 205 Å². The van der Waals surface area contributed by atoms with Crippen LogP contribution in [-0.4, -0.2) is 54.0 Å². The van der Waals surface area contributed by atoms with Crippen LogP contribution in [0, 0.1) is 5.92 Å². The summed E-state index contributed by atoms with van der Waals surface area (Å²) in [6.07, 6.45) is 0.0408. The van der Waals surface area contributed by atoms with Crippen molar-refractivity contribution in [1.82, 2.24) is 10.6 Å². The van der Waals surface area contributed by atoms with Crippen LogP contribution in [0.4, 0.5) is 4.79 Å². The molecule has 186 valence electrons. The Kier molecular flexibility index (Phi) is 7.12. The molecule has 1 atom stereocenters. The first-order chi connectivity index (χ1) is 16.6. The van der Waals surface area contributed by atoms with E-state index in [1.807, 2.05) is 57.2 Å². The molecular weight excluding hydrogens is 448 g/mol. The van der Waals surface area contributed by atoms with Crippen molar-refractivity contribution < 1.29 is 29.0 Å². The van der Waals surface area contributed by atoms with E-state index in [2.05, 4.69) is 22.8 Å². The van der Waals surface area contributed by atoms with Gasteiger partial charge in [-0.2, -0.15) is 0 Å². The summed E-state index contributed by atoms with van der Waals surface area (Å²) >= 11 is 0. The van der Waals surface area contributed by atoms with E-state index >= 15 is 0 Å². The molecule has 0 unspecified atom stereocenters. The minimum absolute atomic E-state index is 0.0331. The predicted molar refractivity (Wildman–Crippen MR) is 130 cm³/mol. The molecule has 0 aromatic heterocycles. The molecule has 0 spiro atoms. The van der Waals surface area contributed by atoms with E-state index < -0.39 is 35.5 Å². The van der Waals surface area contributed by atoms with Crippen LogP contribution in [0.15, 0.2) is 48.5 Å². The lowest BCUT2D eigenvalue weighted by atomic mass is 9.80. The number of carboxylic acids is 1. The molecule has 2 aromatic rings. The van der Waals surface area contributed by atoms with E-state index in [0.717, 1.165) is 22.3 Å². The lowest BCUT2D eigenvalue weighted by Crippen LogP contribution is -2.55. The SMILES string of the molecule is CC(C)(C)OC[C@H](NC(=O)OCC1c2ccccc2-c2ccccc21)C(=O)NC1CC(C(=O)O)C1. The zero-order valence-corrected chi connectivity index (χ0v) is 20.2. The van der Waals surface area contributed by atoms with Crippen LogP contribution < -0.4 is 10.6 Å². The van der Waals surface area contributed by atoms with Crippen molar-refractivity contribution in [2.24, 2.45) is 5.92 Å². The van der Waals surface area contributed by atoms with Gasteiger partial charge >= 0.3 is 12.1 Å². The third-order valence-electron chi connectivity index (χ3n) is 6.47. The first-order valence-corrected chi connectivity index (χ1v) is 11.9. The number of fused-ring (bicyclic) bond motifs is 3. The molecule has 1 fully saturated rings. The second-order valence-corrected chi connectivity index (χ2v) is 10.2. The molecule has 8 nitrogen and oxygen atoms in total. The maximum Gasteiger partial charge on any atom is 0.407 e. The molecule has 1 saturated carbocycles. The number of rotatable bonds is 8. The van der Waals surface area contributed by atoms with Gasteiger partial charge < -0.3 is 25.2 Å². The van der Waals surface area contributed by atoms with Gasteiger partial charge in [0.15, 0.2) is 0 Å². The molecule has 0 aliphatic heterocycles. The highest BCUT2D eigenvalue weighted by Gasteiger charge is 2.37. The van der Waals surface area contributed by atoms with Crippen molar-refractivity contribution >= 4 is 18.0 Å². The minimum atomic E-state index is -0.964. The highest BCUT2D eigenvalue weighted by molar-refractivity contribution is 5.86. The zero-order chi connectivity index (χ0) is 25.2. The zero-order valence-electron chi connectivity index (χ0n) is 20.2. The Morgan fingerprint density at radius 1 is 1.00 bits per heavy atom. The topological polar surface area (TPSA) is 114 Å². The molecule has 4 rings (SSSR count). The van der Waals surface area contributed by atoms with E-state index in [1.54, 1.807) is 0 Å². The van der Waals surface area contributed by atoms with Crippen molar-refractivity contribution in [2.75, 3.05) is 13.2 Å². The van der Waals surface area contributed by atoms with Gasteiger partial charge in [-0.3, -0.25) is 9.59 Å². The van der Waals surface area contributed by atoms with Gasteiger partial charge in [-0.25, -0.2) is 4.79 Å². The van der Waals surface area contributed by atoms with E-state index in [4.69, 9.17) is 14.6 Å². The fourth-order valence-corrected chi connectivity index (χ4v) is 4.54. The molecule has 8 heteroatoms. The molecule has 0 bridgehead atoms. The number of carbonyl (C=O) groups is 3. The van der Waals surface area contributed by atoms with Gasteiger partial charge in [0.05, 0.1) is 18.1 Å². The Hall–Kier alpha value is -3.39. The smallest absolute Gasteiger partial charge is 0.407 e. The minimum Gasteiger partial charge on any atom is -0.481 e. The van der Waals surface area contributed by atoms with Gasteiger partial charge in [-0.15, -0.1) is 0 Å². The number of benzene rings is 2. The average Bonchev–Trinajstić information content (AvgIpc) is 3.10. The normalized spacial score (nSPS) is 19.6. The van der Waals surface area contributed by atoms with Gasteiger partial charge in [0.2, 0.25) is 5.91 Å². The standard InChI is InChI=1S/C27H32N2O6/c1-27(2,3)35-15-23(24(30)28-17-12-16(13-17)25(31)32)29-26(33)34-14-22-20-10-6-4-8-18(20)19-9-5-7-11-21(19)22/h4-11,16-17,22-23H,12-15H2,1-3H3,(H,28,30)(H,29,33)(H,31,32)/t16?,17?,23-/m0/s1. The number of amides is 2. The highest BCUT2D eigenvalue weighted by Crippen LogP contribution is 2.44. The van der Waals surface area contributed by atoms with Crippen LogP contribution in [0.3, 0.4) is 0 Å². The summed E-state index contributed by atoms with van der Waals surface area (Å²) < 4.78 is 11.3. The summed E-state index contributed by atoms with van der Waals surface area (Å²) in [5.74, 6) is -1.81. The van der Waals surface area contributed by atoms with Crippen molar-refractivity contribution in [3.8, 4) is 11.1 Å². The largest absolute Gasteiger partial charge is 0.481 e. The molecule has 3 N–H and O–H groups in total. The maximum atomic E-state index is 12.9. The molecule has 2 aromatic carbocycles. The number of carboxylic acid groups (broad SMARTS) is 1. The van der Waals surface area contributed by atoms with Crippen LogP contribution in [0.25, 0.3) is 11.1 Å². The third-order valence-corrected chi connectivity index (χ3v) is 6.47. The van der Waals surface area contributed by atoms with E-state index in [9.17, 15) is 14.4 Å². The van der Waals surface area contributed by atoms with E-state index in [1.165, 1.54) is 0 Å². The fraction of sp³-hybridized carbons (Fsp3) is 0.444. The van der Waals surface area contributed by atoms with Crippen LogP contribution in [-0.2, 0) is 19.1 Å². The lowest BCUT2D eigenvalue weighted by molar-refractivity contribution is -0.146. The number of ether oxygens (including phenoxy) is 2. The van der Waals surface area contributed by atoms with E-state index in [0.29, 0.717) is 12.8 Å². The first kappa shape index (κ1) is 24.7. The molecule has 0 radical (unpaired) electrons. The quantitative estimate of drug-likeness (QED) is 0.531. The van der Waals surface area contributed by atoms with E-state index in [-0.39, 0.29) is 25.2 Å². The summed E-state index contributed by atoms with van der Waals surface area (Å²) in [4.78, 5) is 36.6. The Morgan fingerprint density at radius 2 is 1.57 bits per heavy atom. The van der Waals surface area contributed by atoms with Crippen molar-refractivity contribution in [1.29, 1.82) is 0 Å². The van der Waals surface area contributed by atoms with Crippen LogP contribution in [0.5, 0.6) is 0 Å². The number of hydrogen-bond acceptors (Lipinski definition) is 5. The molecule has 0 saturated heterocycles. The Balaban J connectivity index is 1.38. The Bertz CT molecular complexity index is 1060. The second-order valence-electron chi connectivity index (χ2n) is 10.2. The second kappa shape index (κ2) is 10.1. The summed E-state index contributed by atoms with van der Waals surface area (Å²) in [6, 6.07) is 14.9. The summed E-state index contributed by atoms with van der Waals surface area (Å²) in [6.45, 7) is 5.68. The van der Waals surface area contributed by atoms with Crippen molar-refractivity contribution in [3.05, 3.63) is 59.7 Å². The van der Waals surface area contributed by atoms with Gasteiger partial charge in [0, 0.05) is 12.0 Å². The number of nitrogens with one attached hydrogen (secondary N) is 2. The summed E-state index contributed by atoms with van der Waals surface area (Å²) in [7, 11) is 0. The number of carbonyl (C=O) groups excluding carboxylic acids is 2. The van der Waals surface area contributed by atoms with Crippen LogP contribution in [0.1, 0.15) is 50.7 Å². The van der Waals surface area contributed by atoms with Gasteiger partial charge in [0.1, 0.15) is 12.6 Å². The summed E-state index contributed by atoms with van der Waals surface area (Å²) in [5, 5.41) is 14.5. The number of hydrogen-bond donors (Lipinski definition) is 3. The third kappa shape index (κ3) is 5.82. The lowest BCUT2D eigenvalue weighted by Gasteiger charge is -2.34. The predicted octanol–water partition coefficient (Wildman–Crippen LogP) is 3.69. The number of alkyl carbamates (subject to hydrolysis) is 1. The van der Waals surface area contributed by atoms with Crippen molar-refractivity contribution in [2.45, 2.75) is 57.2 Å². The Morgan fingerprint density at radius 3 is 2.11 bits per heavy atom. The van der Waals surface area contributed by atoms with Crippen molar-refractivity contribution in [3.63, 3.8) is 0 Å². The monoisotopic (exact) mass is 480 g/mol. The molecule has 2 aliphatic carbocycles. The van der Waals surface area contributed by atoms with Crippen LogP contribution in [0.2, 0.25) is 0 Å². The molecule has 2 amide bonds. The maximum absolute atomic E-state index is 12.9. The molecule has 2 aliphatic rings. The average molecular weight is 481 g/mol. The van der Waals surface area contributed by atoms with Gasteiger partial charge in [-0.05, 0) is 55.9 Å². The molecule has 35 heavy (non-hydrogen) atoms. The molecular formula is C27H32N2O6. The molecule has 0 heterocycles. The fourth-order valence-electron chi connectivity index (χ4n) is 4.54. The van der Waals surface area contributed by atoms with Gasteiger partial charge in [-0.1, -0.05) is 48.5 Å².